The van der Waals surface area contributed by atoms with Gasteiger partial charge in [-0.2, -0.15) is 0 Å². The van der Waals surface area contributed by atoms with Gasteiger partial charge in [0.25, 0.3) is 0 Å². The van der Waals surface area contributed by atoms with E-state index in [-0.39, 0.29) is 0 Å². The van der Waals surface area contributed by atoms with Crippen LogP contribution >= 0.6 is 109 Å². The Morgan fingerprint density at radius 2 is 0.607 bits per heavy atom. The number of thiophene rings is 4. The number of benzene rings is 21. The van der Waals surface area contributed by atoms with E-state index in [1.165, 1.54) is 190 Å². The lowest BCUT2D eigenvalue weighted by Gasteiger charge is -2.14. The zero-order valence-corrected chi connectivity index (χ0v) is 83.7. The lowest BCUT2D eigenvalue weighted by atomic mass is 10.0. The molecule has 0 amide bonds. The standard InChI is InChI=1S/C36H20BrN3S.C32H18BrN3S.2C28H16BrNS/c37-27-20-26-24-14-6-8-16-29(24)40(34(26)35-31(27)25-15-7-9-17-30(25)41-35)36-38-28-19-18-21-10-4-5-13-23(21)32(28)33(39-36)22-11-2-1-3-12-22;33-24-18-23-20-12-5-8-16-26(20)36(29(23)30-28(24)22-14-6-9-17-27(22)37-30)32-21-13-4-7-15-25(21)34-31(35-32)19-10-2-1-3-11-19;29-22-16-21-19-11-4-6-15-25(19)31-28(21)27-26(22)20-12-3-5-13-24(20)30(27)23-14-7-9-17-8-1-2-10-18(17)23;29-23-16-22-20-9-4-6-12-25(20)31-28(22)27-26(23)21-10-3-5-11-24(21)30(27)19-14-13-17-7-1-2-8-18(17)15-19/h1-20H;1-18H;2*1-16H. The summed E-state index contributed by atoms with van der Waals surface area (Å²) in [5.74, 6) is 2.31. The van der Waals surface area contributed by atoms with Crippen LogP contribution in [-0.2, 0) is 0 Å². The van der Waals surface area contributed by atoms with Gasteiger partial charge in [0, 0.05) is 156 Å². The molecule has 0 aliphatic carbocycles. The second-order valence-electron chi connectivity index (χ2n) is 35.3. The van der Waals surface area contributed by atoms with Crippen molar-refractivity contribution in [2.75, 3.05) is 0 Å². The molecule has 21 aromatic carbocycles. The van der Waals surface area contributed by atoms with E-state index in [0.29, 0.717) is 5.95 Å². The van der Waals surface area contributed by atoms with E-state index < -0.39 is 0 Å². The highest BCUT2D eigenvalue weighted by atomic mass is 79.9. The van der Waals surface area contributed by atoms with E-state index in [1.54, 1.807) is 0 Å². The summed E-state index contributed by atoms with van der Waals surface area (Å²) in [6.07, 6.45) is 0. The summed E-state index contributed by atoms with van der Waals surface area (Å²) in [6, 6.07) is 151. The first-order chi connectivity index (χ1) is 69.1. The number of rotatable bonds is 6. The molecule has 0 atom stereocenters. The maximum atomic E-state index is 5.39. The lowest BCUT2D eigenvalue weighted by molar-refractivity contribution is 1.02. The van der Waals surface area contributed by atoms with Crippen LogP contribution in [-0.4, -0.2) is 38.2 Å². The Hall–Kier alpha value is -14.9. The normalized spacial score (nSPS) is 12.0. The molecule has 0 aliphatic heterocycles. The fourth-order valence-electron chi connectivity index (χ4n) is 21.5. The molecule has 0 radical (unpaired) electrons. The van der Waals surface area contributed by atoms with Crippen LogP contribution in [0.5, 0.6) is 0 Å². The third-order valence-electron chi connectivity index (χ3n) is 27.6. The van der Waals surface area contributed by atoms with Crippen LogP contribution in [0.15, 0.2) is 443 Å². The third-order valence-corrected chi connectivity index (χ3v) is 34.8. The van der Waals surface area contributed by atoms with Crippen LogP contribution < -0.4 is 0 Å². The van der Waals surface area contributed by atoms with E-state index in [1.807, 2.05) is 69.6 Å². The van der Waals surface area contributed by atoms with Crippen LogP contribution in [0.1, 0.15) is 0 Å². The van der Waals surface area contributed by atoms with Crippen molar-refractivity contribution in [1.29, 1.82) is 0 Å². The molecule has 31 aromatic rings. The van der Waals surface area contributed by atoms with Crippen molar-refractivity contribution < 1.29 is 0 Å². The molecular weight excluding hydrogens is 2050 g/mol. The topological polar surface area (TPSA) is 71.3 Å². The lowest BCUT2D eigenvalue weighted by Crippen LogP contribution is -2.04. The van der Waals surface area contributed by atoms with E-state index in [2.05, 4.69) is 482 Å². The minimum atomic E-state index is 0.680. The van der Waals surface area contributed by atoms with E-state index in [4.69, 9.17) is 19.9 Å². The van der Waals surface area contributed by atoms with Crippen molar-refractivity contribution >= 4 is 331 Å². The number of hydrogen-bond donors (Lipinski definition) is 0. The molecule has 140 heavy (non-hydrogen) atoms. The molecule has 0 N–H and O–H groups in total. The quantitative estimate of drug-likeness (QED) is 0.156. The van der Waals surface area contributed by atoms with Crippen molar-refractivity contribution in [3.8, 4) is 45.8 Å². The second-order valence-corrected chi connectivity index (χ2v) is 43.0. The fourth-order valence-corrected chi connectivity index (χ4v) is 29.3. The highest BCUT2D eigenvalue weighted by Crippen LogP contribution is 2.53. The molecular formula is C124H70Br4N8S4. The number of hydrogen-bond acceptors (Lipinski definition) is 8. The highest BCUT2D eigenvalue weighted by molar-refractivity contribution is 9.11. The fraction of sp³-hybridized carbons (Fsp3) is 0. The van der Waals surface area contributed by atoms with E-state index in [0.717, 1.165) is 90.1 Å². The van der Waals surface area contributed by atoms with Gasteiger partial charge in [-0.25, -0.2) is 19.9 Å². The molecule has 8 nitrogen and oxygen atoms in total. The predicted molar refractivity (Wildman–Crippen MR) is 615 cm³/mol. The van der Waals surface area contributed by atoms with Gasteiger partial charge in [-0.05, 0) is 136 Å². The molecule has 0 spiro atoms. The predicted octanol–water partition coefficient (Wildman–Crippen LogP) is 38.3. The smallest absolute Gasteiger partial charge is 0.235 e. The van der Waals surface area contributed by atoms with Crippen LogP contribution in [0.4, 0.5) is 0 Å². The first kappa shape index (κ1) is 83.3. The Kier molecular flexibility index (Phi) is 19.9. The summed E-state index contributed by atoms with van der Waals surface area (Å²) in [7, 11) is 0. The van der Waals surface area contributed by atoms with Gasteiger partial charge in [0.1, 0.15) is 5.82 Å². The molecule has 10 aromatic heterocycles. The Morgan fingerprint density at radius 3 is 1.19 bits per heavy atom. The Labute approximate surface area is 849 Å². The molecule has 0 saturated heterocycles. The summed E-state index contributed by atoms with van der Waals surface area (Å²) in [4.78, 5) is 20.9. The molecule has 658 valence electrons. The van der Waals surface area contributed by atoms with E-state index in [9.17, 15) is 0 Å². The maximum Gasteiger partial charge on any atom is 0.235 e. The third kappa shape index (κ3) is 13.2. The monoisotopic (exact) mass is 2110 g/mol. The average molecular weight is 2120 g/mol. The number of nitrogens with zero attached hydrogens (tertiary/aromatic N) is 8. The zero-order valence-electron chi connectivity index (χ0n) is 74.1. The number of halogens is 4. The maximum absolute atomic E-state index is 5.39. The van der Waals surface area contributed by atoms with Gasteiger partial charge in [-0.15, -0.1) is 45.3 Å². The summed E-state index contributed by atoms with van der Waals surface area (Å²) in [6.45, 7) is 0. The van der Waals surface area contributed by atoms with Gasteiger partial charge >= 0.3 is 0 Å². The molecule has 0 unspecified atom stereocenters. The first-order valence-electron chi connectivity index (χ1n) is 46.3. The number of fused-ring (bicyclic) bond motifs is 34. The van der Waals surface area contributed by atoms with Crippen LogP contribution in [0.2, 0.25) is 0 Å². The molecule has 0 fully saturated rings. The summed E-state index contributed by atoms with van der Waals surface area (Å²) in [5, 5.41) is 29.7. The van der Waals surface area contributed by atoms with Crippen molar-refractivity contribution in [1.82, 2.24) is 38.2 Å². The Bertz CT molecular complexity index is 10600. The van der Waals surface area contributed by atoms with E-state index >= 15 is 0 Å². The molecule has 10 heterocycles. The van der Waals surface area contributed by atoms with Crippen molar-refractivity contribution in [3.63, 3.8) is 0 Å². The highest BCUT2D eigenvalue weighted by Gasteiger charge is 2.29. The van der Waals surface area contributed by atoms with Gasteiger partial charge in [-0.3, -0.25) is 9.13 Å². The SMILES string of the molecule is Brc1cc2c3ccccc3n(-c3nc(-c4ccccc4)c4c(ccc5ccccc54)n3)c2c2sc3ccccc3c12.Brc1cc2c3ccccc3n(-c3nc(-c4ccccc4)nc4ccccc34)c2c2sc3ccccc3c12.Brc1cc2c3ccccc3sc2c2c1c1ccccc1n2-c1ccc2ccccc2c1.Brc1cc2c3ccccc3sc2c2c1c1ccccc1n2-c1cccc2ccccc12. The Morgan fingerprint density at radius 1 is 0.207 bits per heavy atom. The van der Waals surface area contributed by atoms with Crippen molar-refractivity contribution in [2.45, 2.75) is 0 Å². The van der Waals surface area contributed by atoms with Gasteiger partial charge < -0.3 is 9.13 Å². The zero-order chi connectivity index (χ0) is 92.6. The molecule has 0 bridgehead atoms. The average Bonchev–Trinajstić information content (AvgIpc) is 1.57. The van der Waals surface area contributed by atoms with Crippen LogP contribution in [0.25, 0.3) is 268 Å². The molecule has 31 rings (SSSR count). The molecule has 0 saturated carbocycles. The molecule has 16 heteroatoms. The van der Waals surface area contributed by atoms with Crippen LogP contribution in [0.3, 0.4) is 0 Å². The summed E-state index contributed by atoms with van der Waals surface area (Å²) >= 11 is 23.2. The number of aromatic nitrogens is 8. The first-order valence-corrected chi connectivity index (χ1v) is 52.8. The molecule has 0 aliphatic rings. The largest absolute Gasteiger partial charge is 0.308 e. The minimum absolute atomic E-state index is 0.680. The van der Waals surface area contributed by atoms with Crippen molar-refractivity contribution in [3.05, 3.63) is 443 Å². The van der Waals surface area contributed by atoms with Gasteiger partial charge in [0.15, 0.2) is 5.82 Å². The number of para-hydroxylation sites is 5. The second kappa shape index (κ2) is 33.4. The summed E-state index contributed by atoms with van der Waals surface area (Å²) in [5.41, 5.74) is 16.9. The van der Waals surface area contributed by atoms with Crippen molar-refractivity contribution in [2.24, 2.45) is 0 Å². The van der Waals surface area contributed by atoms with Gasteiger partial charge in [-0.1, -0.05) is 379 Å². The van der Waals surface area contributed by atoms with Crippen LogP contribution in [0, 0.1) is 0 Å². The summed E-state index contributed by atoms with van der Waals surface area (Å²) < 4.78 is 24.4. The minimum Gasteiger partial charge on any atom is -0.308 e. The van der Waals surface area contributed by atoms with Gasteiger partial charge in [0.05, 0.1) is 85.3 Å². The Balaban J connectivity index is 0.0000000922. The van der Waals surface area contributed by atoms with Gasteiger partial charge in [0.2, 0.25) is 5.95 Å².